The summed E-state index contributed by atoms with van der Waals surface area (Å²) in [6, 6.07) is 14.0. The third-order valence-electron chi connectivity index (χ3n) is 8.57. The van der Waals surface area contributed by atoms with Crippen LogP contribution in [0.1, 0.15) is 30.5 Å². The fourth-order valence-electron chi connectivity index (χ4n) is 5.87. The molecule has 1 heterocycles. The van der Waals surface area contributed by atoms with E-state index in [1.807, 2.05) is 45.4 Å². The van der Waals surface area contributed by atoms with Crippen molar-refractivity contribution < 1.29 is 9.53 Å². The van der Waals surface area contributed by atoms with Crippen molar-refractivity contribution in [2.45, 2.75) is 24.8 Å². The van der Waals surface area contributed by atoms with Crippen LogP contribution in [-0.4, -0.2) is 74.7 Å². The van der Waals surface area contributed by atoms with E-state index in [1.54, 1.807) is 13.3 Å². The minimum Gasteiger partial charge on any atom is -0.494 e. The summed E-state index contributed by atoms with van der Waals surface area (Å²) in [7, 11) is 9.85. The minimum atomic E-state index is -0.301. The highest BCUT2D eigenvalue weighted by molar-refractivity contribution is 6.02. The molecule has 1 aromatic heterocycles. The van der Waals surface area contributed by atoms with E-state index in [1.165, 1.54) is 31.0 Å². The number of ether oxygens (including phenoxy) is 1. The van der Waals surface area contributed by atoms with Crippen molar-refractivity contribution in [2.75, 3.05) is 68.8 Å². The van der Waals surface area contributed by atoms with Crippen LogP contribution in [0, 0.1) is 5.92 Å². The van der Waals surface area contributed by atoms with Gasteiger partial charge in [0.05, 0.1) is 29.9 Å². The number of para-hydroxylation sites is 1. The van der Waals surface area contributed by atoms with Crippen LogP contribution in [0.15, 0.2) is 67.9 Å². The zero-order chi connectivity index (χ0) is 30.0. The van der Waals surface area contributed by atoms with E-state index >= 15 is 0 Å². The van der Waals surface area contributed by atoms with Crippen LogP contribution in [-0.2, 0) is 4.79 Å². The number of methoxy groups -OCH3 is 1. The number of benzene rings is 2. The lowest BCUT2D eigenvalue weighted by Crippen LogP contribution is -2.67. The Balaban J connectivity index is 1.43. The van der Waals surface area contributed by atoms with Gasteiger partial charge in [0, 0.05) is 61.8 Å². The number of nitrogens with one attached hydrogen (secondary N) is 2. The number of hydrogen-bond acceptors (Lipinski definition) is 8. The third kappa shape index (κ3) is 5.69. The molecule has 9 nitrogen and oxygen atoms in total. The molecular weight excluding hydrogens is 526 g/mol. The van der Waals surface area contributed by atoms with Crippen molar-refractivity contribution in [2.24, 2.45) is 5.92 Å². The molecule has 0 spiro atoms. The monoisotopic (exact) mass is 567 g/mol. The molecule has 3 saturated carbocycles. The highest BCUT2D eigenvalue weighted by atomic mass is 16.5. The Hall–Kier alpha value is -4.37. The summed E-state index contributed by atoms with van der Waals surface area (Å²) in [4.78, 5) is 28.2. The Morgan fingerprint density at radius 1 is 1.07 bits per heavy atom. The molecule has 3 aliphatic carbocycles. The first-order valence-corrected chi connectivity index (χ1v) is 14.3. The van der Waals surface area contributed by atoms with Crippen molar-refractivity contribution in [3.63, 3.8) is 0 Å². The van der Waals surface area contributed by atoms with Gasteiger partial charge in [0.25, 0.3) is 0 Å². The molecule has 3 fully saturated rings. The lowest BCUT2D eigenvalue weighted by molar-refractivity contribution is -0.111. The topological polar surface area (TPSA) is 85.9 Å². The predicted octanol–water partition coefficient (Wildman–Crippen LogP) is 5.40. The van der Waals surface area contributed by atoms with E-state index < -0.39 is 0 Å². The van der Waals surface area contributed by atoms with Crippen LogP contribution < -0.4 is 25.2 Å². The van der Waals surface area contributed by atoms with Gasteiger partial charge in [0.15, 0.2) is 0 Å². The molecule has 0 saturated heterocycles. The first-order valence-electron chi connectivity index (χ1n) is 14.3. The van der Waals surface area contributed by atoms with E-state index in [2.05, 4.69) is 68.7 Å². The molecule has 0 aliphatic heterocycles. The summed E-state index contributed by atoms with van der Waals surface area (Å²) in [5.41, 5.74) is 6.15. The Bertz CT molecular complexity index is 1480. The molecule has 1 amide bonds. The average molecular weight is 568 g/mol. The zero-order valence-corrected chi connectivity index (χ0v) is 25.3. The minimum absolute atomic E-state index is 0.293. The molecule has 0 unspecified atom stereocenters. The fourth-order valence-corrected chi connectivity index (χ4v) is 5.87. The Labute approximate surface area is 248 Å². The van der Waals surface area contributed by atoms with Gasteiger partial charge in [-0.15, -0.1) is 0 Å². The fraction of sp³-hybridized carbons (Fsp3) is 0.364. The first kappa shape index (κ1) is 29.1. The van der Waals surface area contributed by atoms with E-state index in [0.29, 0.717) is 28.6 Å². The second kappa shape index (κ2) is 11.9. The molecule has 220 valence electrons. The van der Waals surface area contributed by atoms with Gasteiger partial charge in [-0.25, -0.2) is 9.97 Å². The van der Waals surface area contributed by atoms with E-state index in [9.17, 15) is 4.79 Å². The largest absolute Gasteiger partial charge is 0.494 e. The highest BCUT2D eigenvalue weighted by Gasteiger charge is 2.59. The Kier molecular flexibility index (Phi) is 8.22. The van der Waals surface area contributed by atoms with Crippen molar-refractivity contribution in [1.82, 2.24) is 14.9 Å². The summed E-state index contributed by atoms with van der Waals surface area (Å²) in [6.45, 7) is 9.64. The number of aromatic nitrogens is 2. The smallest absolute Gasteiger partial charge is 0.247 e. The molecule has 0 atom stereocenters. The molecule has 0 radical (unpaired) electrons. The lowest BCUT2D eigenvalue weighted by atomic mass is 9.49. The number of carbonyl (C=O) groups is 1. The average Bonchev–Trinajstić information content (AvgIpc) is 2.94. The summed E-state index contributed by atoms with van der Waals surface area (Å²) in [5.74, 6) is 1.59. The summed E-state index contributed by atoms with van der Waals surface area (Å²) in [5, 5.41) is 6.23. The van der Waals surface area contributed by atoms with Gasteiger partial charge in [-0.2, -0.15) is 0 Å². The van der Waals surface area contributed by atoms with E-state index in [-0.39, 0.29) is 5.91 Å². The van der Waals surface area contributed by atoms with Gasteiger partial charge in [0.1, 0.15) is 5.75 Å². The van der Waals surface area contributed by atoms with Crippen LogP contribution in [0.2, 0.25) is 0 Å². The zero-order valence-electron chi connectivity index (χ0n) is 25.3. The number of nitrogens with zero attached hydrogens (tertiary/aromatic N) is 5. The van der Waals surface area contributed by atoms with Gasteiger partial charge in [-0.1, -0.05) is 31.4 Å². The van der Waals surface area contributed by atoms with Crippen molar-refractivity contribution in [1.29, 1.82) is 0 Å². The lowest BCUT2D eigenvalue weighted by Gasteiger charge is -2.66. The maximum absolute atomic E-state index is 12.3. The summed E-state index contributed by atoms with van der Waals surface area (Å²) >= 11 is 0. The highest BCUT2D eigenvalue weighted by Crippen LogP contribution is 2.61. The maximum atomic E-state index is 12.3. The molecule has 9 heteroatoms. The SMILES string of the molecule is C=CC(=O)Nc1cc(Nc2nccc(C(=C)c3ccccc3N(C)C34CC(C3)C4)n2)c(OC)cc1N(C)CCN(C)C. The molecule has 2 N–H and O–H groups in total. The van der Waals surface area contributed by atoms with Crippen molar-refractivity contribution >= 4 is 40.2 Å². The number of anilines is 5. The van der Waals surface area contributed by atoms with Crippen LogP contribution in [0.25, 0.3) is 5.57 Å². The molecule has 42 heavy (non-hydrogen) atoms. The molecule has 2 aromatic carbocycles. The van der Waals surface area contributed by atoms with Gasteiger partial charge in [-0.05, 0) is 63.6 Å². The number of amides is 1. The number of hydrogen-bond donors (Lipinski definition) is 2. The number of carbonyl (C=O) groups excluding carboxylic acids is 1. The first-order chi connectivity index (χ1) is 20.1. The van der Waals surface area contributed by atoms with Crippen molar-refractivity contribution in [3.05, 3.63) is 79.2 Å². The van der Waals surface area contributed by atoms with Gasteiger partial charge < -0.3 is 30.1 Å². The Morgan fingerprint density at radius 2 is 1.81 bits per heavy atom. The molecular formula is C33H41N7O2. The van der Waals surface area contributed by atoms with Gasteiger partial charge in [-0.3, -0.25) is 4.79 Å². The standard InChI is InChI=1S/C33H41N7O2/c1-8-31(41)35-26-17-27(30(42-7)18-29(26)39(5)16-15-38(3)4)37-32-34-14-13-25(36-32)22(2)24-11-9-10-12-28(24)40(6)33-19-23(20-33)21-33/h8-14,17-18,23H,1-2,15-16,19-21H2,3-7H3,(H,35,41)(H,34,36,37). The molecule has 3 aliphatic rings. The molecule has 3 aromatic rings. The normalized spacial score (nSPS) is 18.4. The molecule has 2 bridgehead atoms. The molecule has 6 rings (SSSR count). The van der Waals surface area contributed by atoms with E-state index in [4.69, 9.17) is 9.72 Å². The van der Waals surface area contributed by atoms with Crippen molar-refractivity contribution in [3.8, 4) is 5.75 Å². The summed E-state index contributed by atoms with van der Waals surface area (Å²) in [6.07, 6.45) is 6.79. The van der Waals surface area contributed by atoms with Crippen LogP contribution in [0.4, 0.5) is 28.7 Å². The quantitative estimate of drug-likeness (QED) is 0.266. The third-order valence-corrected chi connectivity index (χ3v) is 8.57. The van der Waals surface area contributed by atoms with Crippen LogP contribution in [0.5, 0.6) is 5.75 Å². The second-order valence-corrected chi connectivity index (χ2v) is 11.6. The maximum Gasteiger partial charge on any atom is 0.247 e. The van der Waals surface area contributed by atoms with Crippen LogP contribution >= 0.6 is 0 Å². The van der Waals surface area contributed by atoms with Crippen LogP contribution in [0.3, 0.4) is 0 Å². The number of likely N-dealkylation sites (N-methyl/N-ethyl adjacent to an activating group) is 2. The summed E-state index contributed by atoms with van der Waals surface area (Å²) < 4.78 is 5.75. The predicted molar refractivity (Wildman–Crippen MR) is 172 cm³/mol. The number of rotatable bonds is 13. The van der Waals surface area contributed by atoms with Gasteiger partial charge >= 0.3 is 0 Å². The van der Waals surface area contributed by atoms with Gasteiger partial charge in [0.2, 0.25) is 11.9 Å². The van der Waals surface area contributed by atoms with E-state index in [0.717, 1.165) is 41.5 Å². The Morgan fingerprint density at radius 3 is 2.45 bits per heavy atom. The second-order valence-electron chi connectivity index (χ2n) is 11.6.